The van der Waals surface area contributed by atoms with Crippen molar-refractivity contribution in [2.45, 2.75) is 76.0 Å². The highest BCUT2D eigenvalue weighted by atomic mass is 19.1. The molecule has 0 unspecified atom stereocenters. The van der Waals surface area contributed by atoms with Crippen LogP contribution in [0.25, 0.3) is 16.6 Å². The Labute approximate surface area is 349 Å². The van der Waals surface area contributed by atoms with Gasteiger partial charge in [0, 0.05) is 92.0 Å². The molecular weight excluding hydrogens is 789 g/mol. The number of aromatic nitrogens is 5. The fourth-order valence-electron chi connectivity index (χ4n) is 9.32. The number of nitrogens with one attached hydrogen (secondary N) is 2. The lowest BCUT2D eigenvalue weighted by atomic mass is 9.89. The van der Waals surface area contributed by atoms with Gasteiger partial charge in [-0.2, -0.15) is 15.5 Å². The van der Waals surface area contributed by atoms with Crippen molar-refractivity contribution in [3.8, 4) is 6.07 Å². The van der Waals surface area contributed by atoms with Crippen LogP contribution in [-0.4, -0.2) is 108 Å². The molecule has 0 radical (unpaired) electrons. The summed E-state index contributed by atoms with van der Waals surface area (Å²) in [7, 11) is 0. The first-order valence-corrected chi connectivity index (χ1v) is 20.6. The number of carbonyl (C=O) groups excluding carboxylic acids is 4. The molecule has 3 aromatic heterocycles. The first-order valence-electron chi connectivity index (χ1n) is 20.6. The van der Waals surface area contributed by atoms with Gasteiger partial charge in [0.2, 0.25) is 17.7 Å². The van der Waals surface area contributed by atoms with E-state index in [4.69, 9.17) is 5.10 Å². The molecule has 1 atom stereocenters. The Hall–Kier alpha value is -6.32. The molecular formula is C43H45F2N11O5. The molecule has 3 aliphatic heterocycles. The first-order chi connectivity index (χ1) is 29.2. The molecule has 18 heteroatoms. The summed E-state index contributed by atoms with van der Waals surface area (Å²) < 4.78 is 33.6. The number of nitrogens with zero attached hydrogens (tertiary/aromatic N) is 9. The molecule has 0 spiro atoms. The molecule has 1 saturated carbocycles. The SMILES string of the molecule is CC(C)(O)c1cc2nn(C3CCC(N4CCN(C(=O)C5CN(c6cc(F)c([C@H]7CCC(=O)NC7=O)c(F)c6)C5)CC4)CC3)cc2cc1NC(=O)c1cnn2cc(C#N)cnc12. The van der Waals surface area contributed by atoms with Crippen molar-refractivity contribution in [3.05, 3.63) is 82.9 Å². The average molecular weight is 834 g/mol. The number of hydrogen-bond acceptors (Lipinski definition) is 11. The van der Waals surface area contributed by atoms with Crippen molar-refractivity contribution in [2.24, 2.45) is 5.92 Å². The van der Waals surface area contributed by atoms with Crippen LogP contribution in [0.4, 0.5) is 20.2 Å². The molecule has 61 heavy (non-hydrogen) atoms. The van der Waals surface area contributed by atoms with Gasteiger partial charge in [0.05, 0.1) is 47.0 Å². The van der Waals surface area contributed by atoms with Crippen LogP contribution in [0.1, 0.15) is 91.4 Å². The standard InChI is InChI=1S/C43H45F2N11O5/c1-43(2,61)32-16-35-25(13-36(32)49-41(59)31-19-48-56-20-24(17-46)18-47-39(31)56)23-55(51-35)28-5-3-27(4-6-28)52-9-11-53(12-10-52)42(60)26-21-54(22-26)29-14-33(44)38(34(45)15-29)30-7-8-37(57)50-40(30)58/h13-16,18-20,23,26-28,30,61H,3-12,21-22H2,1-2H3,(H,49,59)(H,50,57,58)/t27?,28?,30-/m1/s1. The van der Waals surface area contributed by atoms with E-state index in [0.29, 0.717) is 65.9 Å². The Kier molecular flexibility index (Phi) is 10.3. The lowest BCUT2D eigenvalue weighted by Crippen LogP contribution is -2.59. The zero-order valence-corrected chi connectivity index (χ0v) is 33.8. The van der Waals surface area contributed by atoms with Crippen molar-refractivity contribution in [1.29, 1.82) is 5.26 Å². The summed E-state index contributed by atoms with van der Waals surface area (Å²) in [6.45, 7) is 6.77. The Bertz CT molecular complexity index is 2600. The van der Waals surface area contributed by atoms with Gasteiger partial charge in [-0.1, -0.05) is 0 Å². The van der Waals surface area contributed by atoms with Gasteiger partial charge in [-0.25, -0.2) is 18.3 Å². The van der Waals surface area contributed by atoms with Crippen LogP contribution in [0.15, 0.2) is 49.1 Å². The maximum Gasteiger partial charge on any atom is 0.261 e. The molecule has 16 nitrogen and oxygen atoms in total. The van der Waals surface area contributed by atoms with E-state index in [1.54, 1.807) is 18.7 Å². The summed E-state index contributed by atoms with van der Waals surface area (Å²) in [5.41, 5.74) is 1.20. The Morgan fingerprint density at radius 2 is 1.66 bits per heavy atom. The average Bonchev–Trinajstić information content (AvgIpc) is 3.84. The zero-order valence-electron chi connectivity index (χ0n) is 33.8. The van der Waals surface area contributed by atoms with Crippen molar-refractivity contribution >= 4 is 51.6 Å². The quantitative estimate of drug-likeness (QED) is 0.192. The predicted octanol–water partition coefficient (Wildman–Crippen LogP) is 3.99. The van der Waals surface area contributed by atoms with Crippen LogP contribution >= 0.6 is 0 Å². The van der Waals surface area contributed by atoms with Gasteiger partial charge in [0.1, 0.15) is 23.3 Å². The van der Waals surface area contributed by atoms with Gasteiger partial charge < -0.3 is 20.2 Å². The number of piperazine rings is 1. The maximum atomic E-state index is 15.1. The number of anilines is 2. The van der Waals surface area contributed by atoms with Crippen LogP contribution in [0.2, 0.25) is 0 Å². The highest BCUT2D eigenvalue weighted by Gasteiger charge is 2.39. The summed E-state index contributed by atoms with van der Waals surface area (Å²) in [5, 5.41) is 35.3. The minimum absolute atomic E-state index is 0.0202. The van der Waals surface area contributed by atoms with Crippen LogP contribution in [-0.2, 0) is 20.0 Å². The van der Waals surface area contributed by atoms with E-state index in [2.05, 4.69) is 25.6 Å². The van der Waals surface area contributed by atoms with Crippen LogP contribution in [0, 0.1) is 28.9 Å². The van der Waals surface area contributed by atoms with E-state index >= 15 is 8.78 Å². The number of halogens is 2. The van der Waals surface area contributed by atoms with E-state index in [0.717, 1.165) is 44.2 Å². The second kappa shape index (κ2) is 15.6. The van der Waals surface area contributed by atoms with E-state index in [9.17, 15) is 29.5 Å². The van der Waals surface area contributed by atoms with E-state index in [-0.39, 0.29) is 41.8 Å². The highest BCUT2D eigenvalue weighted by Crippen LogP contribution is 2.37. The van der Waals surface area contributed by atoms with Crippen LogP contribution in [0.5, 0.6) is 0 Å². The lowest BCUT2D eigenvalue weighted by Gasteiger charge is -2.45. The number of carbonyl (C=O) groups is 4. The number of benzene rings is 2. The summed E-state index contributed by atoms with van der Waals surface area (Å²) in [5.74, 6) is -4.56. The monoisotopic (exact) mass is 833 g/mol. The minimum atomic E-state index is -1.29. The molecule has 1 aliphatic carbocycles. The fraction of sp³-hybridized carbons (Fsp3) is 0.442. The van der Waals surface area contributed by atoms with E-state index in [1.165, 1.54) is 35.2 Å². The number of aliphatic hydroxyl groups is 1. The lowest BCUT2D eigenvalue weighted by molar-refractivity contribution is -0.138. The molecule has 4 aliphatic rings. The second-order valence-electron chi connectivity index (χ2n) is 17.1. The molecule has 5 aromatic rings. The first kappa shape index (κ1) is 40.1. The summed E-state index contributed by atoms with van der Waals surface area (Å²) in [6, 6.07) is 8.61. The molecule has 6 heterocycles. The Morgan fingerprint density at radius 3 is 2.33 bits per heavy atom. The summed E-state index contributed by atoms with van der Waals surface area (Å²) in [6.07, 6.45) is 10.1. The molecule has 2 aromatic carbocycles. The third-order valence-electron chi connectivity index (χ3n) is 12.7. The molecule has 0 bridgehead atoms. The molecule has 3 saturated heterocycles. The summed E-state index contributed by atoms with van der Waals surface area (Å²) in [4.78, 5) is 61.0. The summed E-state index contributed by atoms with van der Waals surface area (Å²) >= 11 is 0. The topological polar surface area (TPSA) is 194 Å². The number of piperidine rings is 1. The van der Waals surface area contributed by atoms with Gasteiger partial charge in [-0.05, 0) is 70.2 Å². The largest absolute Gasteiger partial charge is 0.386 e. The van der Waals surface area contributed by atoms with Crippen LogP contribution in [0.3, 0.4) is 0 Å². The van der Waals surface area contributed by atoms with Gasteiger partial charge >= 0.3 is 0 Å². The number of rotatable bonds is 8. The second-order valence-corrected chi connectivity index (χ2v) is 17.1. The molecule has 9 rings (SSSR count). The van der Waals surface area contributed by atoms with Gasteiger partial charge in [-0.15, -0.1) is 0 Å². The maximum absolute atomic E-state index is 15.1. The highest BCUT2D eigenvalue weighted by molar-refractivity contribution is 6.09. The number of imide groups is 1. The molecule has 4 fully saturated rings. The van der Waals surface area contributed by atoms with Gasteiger partial charge in [0.25, 0.3) is 5.91 Å². The number of hydrogen-bond donors (Lipinski definition) is 3. The third-order valence-corrected chi connectivity index (χ3v) is 12.7. The predicted molar refractivity (Wildman–Crippen MR) is 217 cm³/mol. The smallest absolute Gasteiger partial charge is 0.261 e. The van der Waals surface area contributed by atoms with Gasteiger partial charge in [0.15, 0.2) is 5.65 Å². The van der Waals surface area contributed by atoms with Crippen LogP contribution < -0.4 is 15.5 Å². The molecule has 316 valence electrons. The van der Waals surface area contributed by atoms with E-state index < -0.39 is 40.9 Å². The van der Waals surface area contributed by atoms with Crippen molar-refractivity contribution in [2.75, 3.05) is 49.5 Å². The number of fused-ring (bicyclic) bond motifs is 2. The van der Waals surface area contributed by atoms with Crippen molar-refractivity contribution in [3.63, 3.8) is 0 Å². The fourth-order valence-corrected chi connectivity index (χ4v) is 9.32. The number of nitriles is 1. The molecule has 4 amide bonds. The van der Waals surface area contributed by atoms with Gasteiger partial charge in [-0.3, -0.25) is 34.1 Å². The van der Waals surface area contributed by atoms with Crippen molar-refractivity contribution in [1.82, 2.24) is 39.5 Å². The Morgan fingerprint density at radius 1 is 0.951 bits per heavy atom. The number of amides is 4. The van der Waals surface area contributed by atoms with E-state index in [1.807, 2.05) is 34.0 Å². The van der Waals surface area contributed by atoms with Crippen molar-refractivity contribution < 1.29 is 33.1 Å². The zero-order chi connectivity index (χ0) is 42.7. The minimum Gasteiger partial charge on any atom is -0.386 e. The molecule has 3 N–H and O–H groups in total. The normalized spacial score (nSPS) is 21.7. The third kappa shape index (κ3) is 7.67. The Balaban J connectivity index is 0.778.